The van der Waals surface area contributed by atoms with Gasteiger partial charge in [0.15, 0.2) is 0 Å². The molecular formula is C51H37N3. The van der Waals surface area contributed by atoms with E-state index >= 15 is 0 Å². The molecule has 0 amide bonds. The van der Waals surface area contributed by atoms with Crippen LogP contribution in [0, 0.1) is 0 Å². The summed E-state index contributed by atoms with van der Waals surface area (Å²) in [6.07, 6.45) is 16.1. The summed E-state index contributed by atoms with van der Waals surface area (Å²) in [6.45, 7) is 8.26. The summed E-state index contributed by atoms with van der Waals surface area (Å²) in [5, 5.41) is 9.93. The molecule has 256 valence electrons. The summed E-state index contributed by atoms with van der Waals surface area (Å²) in [6, 6.07) is 50.4. The van der Waals surface area contributed by atoms with Crippen LogP contribution < -0.4 is 4.90 Å². The van der Waals surface area contributed by atoms with E-state index in [-0.39, 0.29) is 0 Å². The van der Waals surface area contributed by atoms with E-state index in [1.807, 2.05) is 48.8 Å². The quantitative estimate of drug-likeness (QED) is 0.0986. The largest absolute Gasteiger partial charge is 0.316 e. The fraction of sp³-hybridized carbons (Fsp3) is 0.0196. The highest BCUT2D eigenvalue weighted by Gasteiger charge is 2.21. The van der Waals surface area contributed by atoms with Crippen LogP contribution in [0.4, 0.5) is 5.69 Å². The molecule has 54 heavy (non-hydrogen) atoms. The zero-order valence-corrected chi connectivity index (χ0v) is 29.9. The Morgan fingerprint density at radius 1 is 0.593 bits per heavy atom. The number of benzene rings is 7. The summed E-state index contributed by atoms with van der Waals surface area (Å²) < 4.78 is 0. The topological polar surface area (TPSA) is 28.5 Å². The SMILES string of the molecule is C=C/C=C\C=C/N1C(=C)/C=N\C(c2ccccn2)=C/Cc2cc(-c3c4ccccc4c(-c4cc5ccccc5c5ccccc45)c4ccccc34)ccc21. The molecule has 0 bridgehead atoms. The molecule has 0 saturated carbocycles. The van der Waals surface area contributed by atoms with Gasteiger partial charge in [0, 0.05) is 18.1 Å². The van der Waals surface area contributed by atoms with Gasteiger partial charge in [0.1, 0.15) is 0 Å². The molecule has 1 aliphatic rings. The first kappa shape index (κ1) is 32.8. The number of aliphatic imine (C=N–C) groups is 1. The minimum atomic E-state index is 0.656. The van der Waals surface area contributed by atoms with E-state index in [4.69, 9.17) is 4.99 Å². The van der Waals surface area contributed by atoms with E-state index in [0.717, 1.165) is 33.9 Å². The van der Waals surface area contributed by atoms with Gasteiger partial charge in [-0.05, 0) is 114 Å². The fourth-order valence-corrected chi connectivity index (χ4v) is 7.89. The van der Waals surface area contributed by atoms with Crippen LogP contribution in [0.3, 0.4) is 0 Å². The van der Waals surface area contributed by atoms with Gasteiger partial charge in [-0.1, -0.05) is 147 Å². The van der Waals surface area contributed by atoms with Crippen molar-refractivity contribution in [2.45, 2.75) is 6.42 Å². The second-order valence-corrected chi connectivity index (χ2v) is 13.5. The molecule has 8 aromatic rings. The first-order valence-corrected chi connectivity index (χ1v) is 18.3. The second-order valence-electron chi connectivity index (χ2n) is 13.5. The highest BCUT2D eigenvalue weighted by Crippen LogP contribution is 2.47. The maximum absolute atomic E-state index is 4.88. The highest BCUT2D eigenvalue weighted by molar-refractivity contribution is 6.25. The van der Waals surface area contributed by atoms with E-state index < -0.39 is 0 Å². The van der Waals surface area contributed by atoms with Crippen LogP contribution in [0.2, 0.25) is 0 Å². The summed E-state index contributed by atoms with van der Waals surface area (Å²) >= 11 is 0. The Balaban J connectivity index is 1.29. The molecule has 0 saturated heterocycles. The molecule has 1 aromatic heterocycles. The van der Waals surface area contributed by atoms with E-state index in [9.17, 15) is 0 Å². The molecule has 3 nitrogen and oxygen atoms in total. The van der Waals surface area contributed by atoms with Crippen LogP contribution in [0.15, 0.2) is 206 Å². The van der Waals surface area contributed by atoms with Crippen LogP contribution in [0.1, 0.15) is 11.3 Å². The second kappa shape index (κ2) is 14.1. The molecule has 3 heteroatoms. The zero-order valence-electron chi connectivity index (χ0n) is 29.9. The lowest BCUT2D eigenvalue weighted by atomic mass is 9.83. The number of fused-ring (bicyclic) bond motifs is 6. The average molecular weight is 692 g/mol. The third-order valence-electron chi connectivity index (χ3n) is 10.3. The van der Waals surface area contributed by atoms with Gasteiger partial charge in [-0.15, -0.1) is 0 Å². The van der Waals surface area contributed by atoms with E-state index in [0.29, 0.717) is 6.42 Å². The van der Waals surface area contributed by atoms with Crippen LogP contribution in [-0.4, -0.2) is 11.2 Å². The maximum Gasteiger partial charge on any atom is 0.0882 e. The van der Waals surface area contributed by atoms with Gasteiger partial charge >= 0.3 is 0 Å². The van der Waals surface area contributed by atoms with Gasteiger partial charge in [0.05, 0.1) is 23.3 Å². The minimum absolute atomic E-state index is 0.656. The molecule has 0 fully saturated rings. The Kier molecular flexibility index (Phi) is 8.58. The molecule has 7 aromatic carbocycles. The van der Waals surface area contributed by atoms with Gasteiger partial charge in [0.2, 0.25) is 0 Å². The molecule has 9 rings (SSSR count). The summed E-state index contributed by atoms with van der Waals surface area (Å²) in [5.41, 5.74) is 9.47. The third kappa shape index (κ3) is 5.82. The van der Waals surface area contributed by atoms with Gasteiger partial charge in [0.25, 0.3) is 0 Å². The Hall–Kier alpha value is -7.10. The van der Waals surface area contributed by atoms with Crippen molar-refractivity contribution in [1.29, 1.82) is 0 Å². The Morgan fingerprint density at radius 3 is 1.94 bits per heavy atom. The molecule has 0 atom stereocenters. The molecule has 0 unspecified atom stereocenters. The molecule has 0 radical (unpaired) electrons. The standard InChI is InChI=1S/C51H37N3/c1-3-4-5-16-31-54-35(2)34-53-48(47-25-14-15-30-52-47)28-26-37-32-38(27-29-49(37)54)50-42-21-10-12-23-44(42)51(45-24-13-11-22-43(45)50)46-33-36-17-6-7-18-39(36)40-19-8-9-20-41(40)46/h3-25,27-34H,1-2,26H2/b5-4-,31-16-,48-28-,53-34-. The van der Waals surface area contributed by atoms with Crippen molar-refractivity contribution < 1.29 is 0 Å². The Bertz CT molecular complexity index is 2830. The summed E-state index contributed by atoms with van der Waals surface area (Å²) in [7, 11) is 0. The number of nitrogens with zero attached hydrogens (tertiary/aromatic N) is 3. The number of hydrogen-bond acceptors (Lipinski definition) is 3. The number of aromatic nitrogens is 1. The first-order valence-electron chi connectivity index (χ1n) is 18.3. The molecule has 0 spiro atoms. The lowest BCUT2D eigenvalue weighted by Crippen LogP contribution is -2.17. The third-order valence-corrected chi connectivity index (χ3v) is 10.3. The normalized spacial score (nSPS) is 15.0. The van der Waals surface area contributed by atoms with Crippen molar-refractivity contribution in [3.8, 4) is 22.3 Å². The fourth-order valence-electron chi connectivity index (χ4n) is 7.89. The lowest BCUT2D eigenvalue weighted by molar-refractivity contribution is 1.18. The van der Waals surface area contributed by atoms with Gasteiger partial charge in [-0.3, -0.25) is 9.98 Å². The van der Waals surface area contributed by atoms with Crippen molar-refractivity contribution in [2.75, 3.05) is 4.90 Å². The summed E-state index contributed by atoms with van der Waals surface area (Å²) in [5.74, 6) is 0. The molecule has 0 aliphatic carbocycles. The van der Waals surface area contributed by atoms with Crippen molar-refractivity contribution >= 4 is 60.7 Å². The number of pyridine rings is 1. The van der Waals surface area contributed by atoms with Gasteiger partial charge in [-0.2, -0.15) is 0 Å². The van der Waals surface area contributed by atoms with Crippen molar-refractivity contribution in [1.82, 2.24) is 4.98 Å². The smallest absolute Gasteiger partial charge is 0.0882 e. The Morgan fingerprint density at radius 2 is 1.24 bits per heavy atom. The first-order chi connectivity index (χ1) is 26.7. The number of rotatable bonds is 6. The maximum atomic E-state index is 4.88. The van der Waals surface area contributed by atoms with Gasteiger partial charge < -0.3 is 4.90 Å². The van der Waals surface area contributed by atoms with Crippen LogP contribution in [-0.2, 0) is 6.42 Å². The van der Waals surface area contributed by atoms with Crippen molar-refractivity contribution in [3.63, 3.8) is 0 Å². The van der Waals surface area contributed by atoms with Gasteiger partial charge in [-0.25, -0.2) is 0 Å². The van der Waals surface area contributed by atoms with E-state index in [1.165, 1.54) is 59.8 Å². The van der Waals surface area contributed by atoms with Crippen LogP contribution >= 0.6 is 0 Å². The Labute approximate surface area is 315 Å². The molecular weight excluding hydrogens is 655 g/mol. The van der Waals surface area contributed by atoms with E-state index in [2.05, 4.69) is 150 Å². The summed E-state index contributed by atoms with van der Waals surface area (Å²) in [4.78, 5) is 11.6. The lowest BCUT2D eigenvalue weighted by Gasteiger charge is -2.24. The van der Waals surface area contributed by atoms with E-state index in [1.54, 1.807) is 12.3 Å². The monoisotopic (exact) mass is 691 g/mol. The van der Waals surface area contributed by atoms with Crippen LogP contribution in [0.5, 0.6) is 0 Å². The molecule has 1 aliphatic heterocycles. The highest BCUT2D eigenvalue weighted by atomic mass is 15.1. The number of hydrogen-bond donors (Lipinski definition) is 0. The number of anilines is 1. The predicted molar refractivity (Wildman–Crippen MR) is 232 cm³/mol. The molecule has 2 heterocycles. The molecule has 0 N–H and O–H groups in total. The van der Waals surface area contributed by atoms with Crippen LogP contribution in [0.25, 0.3) is 71.0 Å². The predicted octanol–water partition coefficient (Wildman–Crippen LogP) is 13.3. The minimum Gasteiger partial charge on any atom is -0.316 e. The van der Waals surface area contributed by atoms with Crippen molar-refractivity contribution in [2.24, 2.45) is 4.99 Å². The van der Waals surface area contributed by atoms with Crippen molar-refractivity contribution in [3.05, 3.63) is 212 Å². The zero-order chi connectivity index (χ0) is 36.4. The average Bonchev–Trinajstić information content (AvgIpc) is 3.29. The number of allylic oxidation sites excluding steroid dienone is 6.